The van der Waals surface area contributed by atoms with Gasteiger partial charge in [-0.05, 0) is 70.2 Å². The van der Waals surface area contributed by atoms with E-state index >= 15 is 0 Å². The molecule has 0 radical (unpaired) electrons. The number of alkyl carbamates (subject to hydrolysis) is 1. The quantitative estimate of drug-likeness (QED) is 0.726. The lowest BCUT2D eigenvalue weighted by molar-refractivity contribution is -0.129. The smallest absolute Gasteiger partial charge is 0.407 e. The number of rotatable bonds is 5. The number of nitrogens with zero attached hydrogens (tertiary/aromatic N) is 2. The molecule has 3 rings (SSSR count). The van der Waals surface area contributed by atoms with Crippen LogP contribution in [0, 0.1) is 0 Å². The van der Waals surface area contributed by atoms with Crippen molar-refractivity contribution in [1.29, 1.82) is 0 Å². The molecule has 0 aliphatic carbocycles. The number of hydrogen-bond donors (Lipinski definition) is 1. The van der Waals surface area contributed by atoms with Gasteiger partial charge >= 0.3 is 6.09 Å². The topological polar surface area (TPSA) is 79.0 Å². The summed E-state index contributed by atoms with van der Waals surface area (Å²) in [6.07, 6.45) is 7.27. The minimum absolute atomic E-state index is 0.0398. The number of benzene rings is 1. The molecule has 168 valence electrons. The van der Waals surface area contributed by atoms with E-state index in [0.29, 0.717) is 19.5 Å². The molecular weight excluding hydrogens is 394 g/mol. The Morgan fingerprint density at radius 2 is 1.87 bits per heavy atom. The maximum Gasteiger partial charge on any atom is 0.407 e. The van der Waals surface area contributed by atoms with Gasteiger partial charge in [-0.25, -0.2) is 4.79 Å². The highest BCUT2D eigenvalue weighted by molar-refractivity contribution is 5.95. The van der Waals surface area contributed by atoms with Crippen LogP contribution in [0.25, 0.3) is 6.08 Å². The minimum atomic E-state index is -0.549. The Kier molecular flexibility index (Phi) is 7.36. The van der Waals surface area contributed by atoms with Crippen LogP contribution in [-0.4, -0.2) is 54.1 Å². The summed E-state index contributed by atoms with van der Waals surface area (Å²) in [4.78, 5) is 40.3. The fourth-order valence-corrected chi connectivity index (χ4v) is 3.97. The van der Waals surface area contributed by atoms with Gasteiger partial charge in [0, 0.05) is 43.9 Å². The first-order chi connectivity index (χ1) is 14.7. The molecule has 7 heteroatoms. The van der Waals surface area contributed by atoms with Gasteiger partial charge in [-0.1, -0.05) is 12.1 Å². The van der Waals surface area contributed by atoms with Crippen molar-refractivity contribution in [2.45, 2.75) is 64.5 Å². The van der Waals surface area contributed by atoms with E-state index in [9.17, 15) is 14.4 Å². The van der Waals surface area contributed by atoms with E-state index in [1.165, 1.54) is 0 Å². The normalized spacial score (nSPS) is 19.7. The van der Waals surface area contributed by atoms with Crippen LogP contribution in [0.3, 0.4) is 0 Å². The van der Waals surface area contributed by atoms with Gasteiger partial charge in [-0.15, -0.1) is 0 Å². The van der Waals surface area contributed by atoms with Crippen molar-refractivity contribution in [2.75, 3.05) is 24.5 Å². The van der Waals surface area contributed by atoms with Gasteiger partial charge in [0.05, 0.1) is 0 Å². The lowest BCUT2D eigenvalue weighted by Crippen LogP contribution is -2.49. The second-order valence-corrected chi connectivity index (χ2v) is 9.14. The van der Waals surface area contributed by atoms with E-state index < -0.39 is 11.7 Å². The van der Waals surface area contributed by atoms with E-state index in [2.05, 4.69) is 5.32 Å². The molecule has 7 nitrogen and oxygen atoms in total. The molecule has 2 aliphatic rings. The lowest BCUT2D eigenvalue weighted by atomic mass is 10.0. The Balaban J connectivity index is 1.56. The van der Waals surface area contributed by atoms with Crippen LogP contribution in [-0.2, 0) is 14.3 Å². The van der Waals surface area contributed by atoms with E-state index in [-0.39, 0.29) is 17.9 Å². The highest BCUT2D eigenvalue weighted by atomic mass is 16.6. The highest BCUT2D eigenvalue weighted by Crippen LogP contribution is 2.22. The minimum Gasteiger partial charge on any atom is -0.444 e. The van der Waals surface area contributed by atoms with Gasteiger partial charge in [0.1, 0.15) is 5.60 Å². The molecule has 0 saturated carbocycles. The number of carbonyl (C=O) groups is 3. The van der Waals surface area contributed by atoms with Crippen LogP contribution in [0.5, 0.6) is 0 Å². The molecular formula is C24H33N3O4. The summed E-state index contributed by atoms with van der Waals surface area (Å²) in [5.74, 6) is 0.101. The van der Waals surface area contributed by atoms with Crippen LogP contribution >= 0.6 is 0 Å². The Morgan fingerprint density at radius 3 is 2.52 bits per heavy atom. The molecule has 1 unspecified atom stereocenters. The average molecular weight is 428 g/mol. The molecule has 1 atom stereocenters. The Labute approximate surface area is 184 Å². The van der Waals surface area contributed by atoms with Crippen molar-refractivity contribution >= 4 is 29.7 Å². The number of anilines is 1. The third-order valence-corrected chi connectivity index (χ3v) is 5.49. The van der Waals surface area contributed by atoms with Crippen molar-refractivity contribution in [1.82, 2.24) is 10.2 Å². The molecule has 31 heavy (non-hydrogen) atoms. The molecule has 1 aromatic rings. The average Bonchev–Trinajstić information content (AvgIpc) is 3.16. The monoisotopic (exact) mass is 427 g/mol. The van der Waals surface area contributed by atoms with Crippen LogP contribution in [0.15, 0.2) is 30.3 Å². The first kappa shape index (κ1) is 22.8. The number of likely N-dealkylation sites (tertiary alicyclic amines) is 1. The fraction of sp³-hybridized carbons (Fsp3) is 0.542. The summed E-state index contributed by atoms with van der Waals surface area (Å²) < 4.78 is 5.29. The lowest BCUT2D eigenvalue weighted by Gasteiger charge is -2.35. The van der Waals surface area contributed by atoms with Crippen LogP contribution in [0.2, 0.25) is 0 Å². The van der Waals surface area contributed by atoms with Crippen molar-refractivity contribution in [2.24, 2.45) is 0 Å². The molecule has 2 aliphatic heterocycles. The molecule has 1 N–H and O–H groups in total. The first-order valence-corrected chi connectivity index (χ1v) is 11.1. The summed E-state index contributed by atoms with van der Waals surface area (Å²) in [6.45, 7) is 7.29. The second kappa shape index (κ2) is 9.98. The molecule has 2 heterocycles. The molecule has 2 fully saturated rings. The molecule has 3 amide bonds. The zero-order valence-electron chi connectivity index (χ0n) is 18.7. The number of hydrogen-bond acceptors (Lipinski definition) is 4. The number of carbonyl (C=O) groups excluding carboxylic acids is 3. The largest absolute Gasteiger partial charge is 0.444 e. The van der Waals surface area contributed by atoms with Crippen molar-refractivity contribution in [3.05, 3.63) is 35.9 Å². The molecule has 0 bridgehead atoms. The van der Waals surface area contributed by atoms with E-state index in [1.807, 2.05) is 49.9 Å². The SMILES string of the molecule is CC(C)(C)OC(=O)NCC1CCCCN1C(=O)/C=C/c1ccc(N2CCCC2=O)cc1. The zero-order chi connectivity index (χ0) is 22.4. The molecule has 0 aromatic heterocycles. The maximum absolute atomic E-state index is 12.8. The number of piperidine rings is 1. The summed E-state index contributed by atoms with van der Waals surface area (Å²) in [5, 5.41) is 2.79. The van der Waals surface area contributed by atoms with Gasteiger partial charge in [0.15, 0.2) is 0 Å². The highest BCUT2D eigenvalue weighted by Gasteiger charge is 2.26. The van der Waals surface area contributed by atoms with Crippen LogP contribution in [0.4, 0.5) is 10.5 Å². The van der Waals surface area contributed by atoms with Gasteiger partial charge < -0.3 is 19.9 Å². The van der Waals surface area contributed by atoms with Crippen molar-refractivity contribution in [3.8, 4) is 0 Å². The fourth-order valence-electron chi connectivity index (χ4n) is 3.97. The van der Waals surface area contributed by atoms with Crippen LogP contribution < -0.4 is 10.2 Å². The van der Waals surface area contributed by atoms with E-state index in [1.54, 1.807) is 17.1 Å². The number of nitrogens with one attached hydrogen (secondary N) is 1. The second-order valence-electron chi connectivity index (χ2n) is 9.14. The van der Waals surface area contributed by atoms with Gasteiger partial charge in [-0.3, -0.25) is 9.59 Å². The molecule has 1 aromatic carbocycles. The van der Waals surface area contributed by atoms with Crippen LogP contribution in [0.1, 0.15) is 58.4 Å². The Hall–Kier alpha value is -2.83. The Morgan fingerprint density at radius 1 is 1.13 bits per heavy atom. The maximum atomic E-state index is 12.8. The summed E-state index contributed by atoms with van der Waals surface area (Å²) in [6, 6.07) is 7.64. The van der Waals surface area contributed by atoms with Gasteiger partial charge in [-0.2, -0.15) is 0 Å². The number of amides is 3. The predicted octanol–water partition coefficient (Wildman–Crippen LogP) is 3.73. The number of ether oxygens (including phenoxy) is 1. The summed E-state index contributed by atoms with van der Waals surface area (Å²) in [5.41, 5.74) is 1.26. The standard InChI is InChI=1S/C24H33N3O4/c1-24(2,3)31-23(30)25-17-20-7-4-5-15-27(20)22(29)14-11-18-9-12-19(13-10-18)26-16-6-8-21(26)28/h9-14,20H,4-8,15-17H2,1-3H3,(H,25,30)/b14-11+. The third-order valence-electron chi connectivity index (χ3n) is 5.49. The zero-order valence-corrected chi connectivity index (χ0v) is 18.7. The Bertz CT molecular complexity index is 826. The van der Waals surface area contributed by atoms with Crippen molar-refractivity contribution < 1.29 is 19.1 Å². The molecule has 2 saturated heterocycles. The van der Waals surface area contributed by atoms with Crippen molar-refractivity contribution in [3.63, 3.8) is 0 Å². The first-order valence-electron chi connectivity index (χ1n) is 11.1. The van der Waals surface area contributed by atoms with E-state index in [0.717, 1.165) is 43.5 Å². The molecule has 0 spiro atoms. The van der Waals surface area contributed by atoms with Gasteiger partial charge in [0.2, 0.25) is 11.8 Å². The van der Waals surface area contributed by atoms with E-state index in [4.69, 9.17) is 4.74 Å². The summed E-state index contributed by atoms with van der Waals surface area (Å²) in [7, 11) is 0. The predicted molar refractivity (Wildman–Crippen MR) is 121 cm³/mol. The van der Waals surface area contributed by atoms with Gasteiger partial charge in [0.25, 0.3) is 0 Å². The third kappa shape index (κ3) is 6.57. The summed E-state index contributed by atoms with van der Waals surface area (Å²) >= 11 is 0.